The van der Waals surface area contributed by atoms with E-state index in [9.17, 15) is 9.59 Å². The lowest BCUT2D eigenvalue weighted by Gasteiger charge is -2.13. The van der Waals surface area contributed by atoms with Crippen molar-refractivity contribution in [2.45, 2.75) is 130 Å². The average molecular weight is 414 g/mol. The van der Waals surface area contributed by atoms with Gasteiger partial charge in [0.25, 0.3) is 0 Å². The monoisotopic (exact) mass is 413 g/mol. The number of hydrogen-bond donors (Lipinski definition) is 1. The van der Waals surface area contributed by atoms with Crippen LogP contribution >= 0.6 is 0 Å². The fraction of sp³-hybridized carbons (Fsp3) is 0.917. The molecule has 0 aromatic rings. The molecule has 1 N–H and O–H groups in total. The Morgan fingerprint density at radius 1 is 0.621 bits per heavy atom. The number of unbranched alkanes of at least 4 members (excludes halogenated alkanes) is 14. The number of esters is 1. The first-order valence-corrected chi connectivity index (χ1v) is 12.2. The summed E-state index contributed by atoms with van der Waals surface area (Å²) in [6.45, 7) is 6.58. The molecule has 0 heterocycles. The van der Waals surface area contributed by atoms with E-state index in [2.05, 4.69) is 12.2 Å². The zero-order valence-electron chi connectivity index (χ0n) is 19.4. The highest BCUT2D eigenvalue weighted by Crippen LogP contribution is 2.13. The van der Waals surface area contributed by atoms with Crippen LogP contribution < -0.4 is 5.32 Å². The third-order valence-electron chi connectivity index (χ3n) is 5.12. The second kappa shape index (κ2) is 21.4. The van der Waals surface area contributed by atoms with Gasteiger partial charge in [-0.3, -0.25) is 0 Å². The molecule has 0 aromatic carbocycles. The Morgan fingerprint density at radius 3 is 1.52 bits per heavy atom. The Hall–Kier alpha value is -1.26. The van der Waals surface area contributed by atoms with Gasteiger partial charge < -0.3 is 14.8 Å². The van der Waals surface area contributed by atoms with Crippen LogP contribution in [0.5, 0.6) is 0 Å². The Kier molecular flexibility index (Phi) is 20.5. The minimum absolute atomic E-state index is 0.354. The van der Waals surface area contributed by atoms with Crippen molar-refractivity contribution in [1.29, 1.82) is 0 Å². The minimum atomic E-state index is -0.671. The summed E-state index contributed by atoms with van der Waals surface area (Å²) < 4.78 is 10.1. The van der Waals surface area contributed by atoms with Crippen LogP contribution in [-0.4, -0.2) is 31.3 Å². The molecule has 0 saturated carbocycles. The molecule has 1 atom stereocenters. The third kappa shape index (κ3) is 19.8. The number of carbonyl (C=O) groups is 2. The van der Waals surface area contributed by atoms with Crippen LogP contribution in [-0.2, 0) is 14.3 Å². The van der Waals surface area contributed by atoms with E-state index in [1.54, 1.807) is 6.92 Å². The molecule has 0 fully saturated rings. The van der Waals surface area contributed by atoms with Gasteiger partial charge in [-0.2, -0.15) is 0 Å². The van der Waals surface area contributed by atoms with E-state index in [0.717, 1.165) is 19.3 Å². The van der Waals surface area contributed by atoms with Crippen LogP contribution in [0.3, 0.4) is 0 Å². The molecule has 5 heteroatoms. The molecule has 0 aliphatic carbocycles. The summed E-state index contributed by atoms with van der Waals surface area (Å²) in [5, 5.41) is 2.48. The van der Waals surface area contributed by atoms with Crippen molar-refractivity contribution in [2.24, 2.45) is 0 Å². The second-order valence-electron chi connectivity index (χ2n) is 8.12. The maximum Gasteiger partial charge on any atom is 0.407 e. The van der Waals surface area contributed by atoms with Crippen LogP contribution in [0.25, 0.3) is 0 Å². The summed E-state index contributed by atoms with van der Waals surface area (Å²) in [4.78, 5) is 23.2. The lowest BCUT2D eigenvalue weighted by atomic mass is 10.0. The van der Waals surface area contributed by atoms with E-state index in [-0.39, 0.29) is 0 Å². The largest absolute Gasteiger partial charge is 0.464 e. The summed E-state index contributed by atoms with van der Waals surface area (Å²) in [7, 11) is 0. The number of carbonyl (C=O) groups excluding carboxylic acids is 2. The molecule has 0 spiro atoms. The highest BCUT2D eigenvalue weighted by atomic mass is 16.6. The molecule has 172 valence electrons. The van der Waals surface area contributed by atoms with E-state index >= 15 is 0 Å². The normalized spacial score (nSPS) is 11.8. The molecular weight excluding hydrogens is 366 g/mol. The predicted octanol–water partition coefficient (Wildman–Crippen LogP) is 6.93. The zero-order chi connectivity index (χ0) is 21.6. The van der Waals surface area contributed by atoms with Gasteiger partial charge in [-0.15, -0.1) is 0 Å². The van der Waals surface area contributed by atoms with Crippen molar-refractivity contribution in [3.05, 3.63) is 0 Å². The summed E-state index contributed by atoms with van der Waals surface area (Å²) in [5.74, 6) is -0.399. The molecule has 0 unspecified atom stereocenters. The Labute approximate surface area is 179 Å². The minimum Gasteiger partial charge on any atom is -0.464 e. The lowest BCUT2D eigenvalue weighted by Crippen LogP contribution is -2.40. The van der Waals surface area contributed by atoms with Crippen molar-refractivity contribution in [2.75, 3.05) is 13.2 Å². The van der Waals surface area contributed by atoms with E-state index in [0.29, 0.717) is 13.2 Å². The number of alkyl carbamates (subject to hydrolysis) is 1. The molecule has 0 aliphatic heterocycles. The van der Waals surface area contributed by atoms with Gasteiger partial charge in [-0.25, -0.2) is 9.59 Å². The maximum absolute atomic E-state index is 11.8. The first-order valence-electron chi connectivity index (χ1n) is 12.2. The molecule has 0 bridgehead atoms. The van der Waals surface area contributed by atoms with Crippen LogP contribution in [0.2, 0.25) is 0 Å². The molecular formula is C24H47NO4. The number of nitrogens with one attached hydrogen (secondary N) is 1. The van der Waals surface area contributed by atoms with Gasteiger partial charge in [0.05, 0.1) is 13.2 Å². The predicted molar refractivity (Wildman–Crippen MR) is 120 cm³/mol. The SMILES string of the molecule is CCCCCCCCCCCCCCCCCOC(=O)[C@H](C)NC(=O)OCCC. The Balaban J connectivity index is 3.32. The molecule has 0 radical (unpaired) electrons. The van der Waals surface area contributed by atoms with Crippen molar-refractivity contribution in [3.63, 3.8) is 0 Å². The average Bonchev–Trinajstić information content (AvgIpc) is 2.71. The maximum atomic E-state index is 11.8. The summed E-state index contributed by atoms with van der Waals surface area (Å²) in [5.41, 5.74) is 0. The van der Waals surface area contributed by atoms with E-state index in [1.165, 1.54) is 83.5 Å². The fourth-order valence-electron chi connectivity index (χ4n) is 3.24. The quantitative estimate of drug-likeness (QED) is 0.174. The molecule has 5 nitrogen and oxygen atoms in total. The van der Waals surface area contributed by atoms with Gasteiger partial charge in [0.1, 0.15) is 6.04 Å². The third-order valence-corrected chi connectivity index (χ3v) is 5.12. The van der Waals surface area contributed by atoms with Crippen LogP contribution in [0.4, 0.5) is 4.79 Å². The number of ether oxygens (including phenoxy) is 2. The van der Waals surface area contributed by atoms with Crippen LogP contribution in [0.1, 0.15) is 124 Å². The lowest BCUT2D eigenvalue weighted by molar-refractivity contribution is -0.145. The van der Waals surface area contributed by atoms with Gasteiger partial charge >= 0.3 is 12.1 Å². The number of amides is 1. The fourth-order valence-corrected chi connectivity index (χ4v) is 3.24. The zero-order valence-corrected chi connectivity index (χ0v) is 19.4. The van der Waals surface area contributed by atoms with E-state index < -0.39 is 18.1 Å². The molecule has 1 amide bonds. The molecule has 0 saturated heterocycles. The highest BCUT2D eigenvalue weighted by molar-refractivity contribution is 5.80. The number of hydrogen-bond acceptors (Lipinski definition) is 4. The van der Waals surface area contributed by atoms with Crippen LogP contribution in [0.15, 0.2) is 0 Å². The van der Waals surface area contributed by atoms with Gasteiger partial charge in [0.15, 0.2) is 0 Å². The topological polar surface area (TPSA) is 64.6 Å². The van der Waals surface area contributed by atoms with Crippen LogP contribution in [0, 0.1) is 0 Å². The summed E-state index contributed by atoms with van der Waals surface area (Å²) in [6, 6.07) is -0.671. The molecule has 0 aliphatic rings. The Morgan fingerprint density at radius 2 is 1.07 bits per heavy atom. The van der Waals surface area contributed by atoms with E-state index in [1.807, 2.05) is 6.92 Å². The first kappa shape index (κ1) is 27.7. The van der Waals surface area contributed by atoms with Crippen molar-refractivity contribution >= 4 is 12.1 Å². The van der Waals surface area contributed by atoms with E-state index in [4.69, 9.17) is 9.47 Å². The summed E-state index contributed by atoms with van der Waals surface area (Å²) >= 11 is 0. The van der Waals surface area contributed by atoms with Gasteiger partial charge in [0.2, 0.25) is 0 Å². The van der Waals surface area contributed by atoms with Gasteiger partial charge in [-0.1, -0.05) is 104 Å². The van der Waals surface area contributed by atoms with Crippen molar-refractivity contribution < 1.29 is 19.1 Å². The standard InChI is InChI=1S/C24H47NO4/c1-4-6-7-8-9-10-11-12-13-14-15-16-17-18-19-21-28-23(26)22(3)25-24(27)29-20-5-2/h22H,4-21H2,1-3H3,(H,25,27)/t22-/m0/s1. The first-order chi connectivity index (χ1) is 14.1. The molecule has 0 aromatic heterocycles. The smallest absolute Gasteiger partial charge is 0.407 e. The van der Waals surface area contributed by atoms with Crippen molar-refractivity contribution in [3.8, 4) is 0 Å². The van der Waals surface area contributed by atoms with Gasteiger partial charge in [0, 0.05) is 0 Å². The van der Waals surface area contributed by atoms with Gasteiger partial charge in [-0.05, 0) is 19.8 Å². The summed E-state index contributed by atoms with van der Waals surface area (Å²) in [6.07, 6.45) is 19.9. The van der Waals surface area contributed by atoms with Crippen molar-refractivity contribution in [1.82, 2.24) is 5.32 Å². The Bertz CT molecular complexity index is 387. The number of rotatable bonds is 20. The molecule has 0 rings (SSSR count). The highest BCUT2D eigenvalue weighted by Gasteiger charge is 2.17. The second-order valence-corrected chi connectivity index (χ2v) is 8.12. The molecule has 29 heavy (non-hydrogen) atoms.